The molecule has 0 unspecified atom stereocenters. The Kier molecular flexibility index (Phi) is 3.26. The van der Waals surface area contributed by atoms with E-state index in [1.807, 2.05) is 13.8 Å². The first-order valence-corrected chi connectivity index (χ1v) is 5.73. The third-order valence-electron chi connectivity index (χ3n) is 3.02. The average molecular weight is 248 g/mol. The van der Waals surface area contributed by atoms with E-state index in [-0.39, 0.29) is 17.7 Å². The molecule has 0 spiro atoms. The fourth-order valence-corrected chi connectivity index (χ4v) is 2.27. The smallest absolute Gasteiger partial charge is 0.244 e. The Labute approximate surface area is 105 Å². The highest BCUT2D eigenvalue weighted by Gasteiger charge is 2.35. The Morgan fingerprint density at radius 2 is 2.33 bits per heavy atom. The predicted octanol–water partition coefficient (Wildman–Crippen LogP) is 1.38. The van der Waals surface area contributed by atoms with Crippen LogP contribution in [-0.4, -0.2) is 17.3 Å². The Morgan fingerprint density at radius 3 is 2.89 bits per heavy atom. The molecule has 0 radical (unpaired) electrons. The minimum Gasteiger partial charge on any atom is -0.420 e. The molecule has 18 heavy (non-hydrogen) atoms. The van der Waals surface area contributed by atoms with E-state index in [4.69, 9.17) is 15.2 Å². The molecule has 1 aromatic heterocycles. The molecule has 0 saturated carbocycles. The Balaban J connectivity index is 2.54. The van der Waals surface area contributed by atoms with Crippen LogP contribution in [-0.2, 0) is 11.3 Å². The van der Waals surface area contributed by atoms with Crippen molar-refractivity contribution in [1.29, 1.82) is 5.26 Å². The fourth-order valence-electron chi connectivity index (χ4n) is 2.27. The molecule has 0 amide bonds. The minimum atomic E-state index is -0.109. The number of nitrogens with one attached hydrogen (secondary N) is 1. The van der Waals surface area contributed by atoms with Gasteiger partial charge in [0.2, 0.25) is 11.8 Å². The Bertz CT molecular complexity index is 525. The van der Waals surface area contributed by atoms with Gasteiger partial charge in [-0.15, -0.1) is 5.10 Å². The lowest BCUT2D eigenvalue weighted by Gasteiger charge is -2.26. The van der Waals surface area contributed by atoms with Gasteiger partial charge in [-0.2, -0.15) is 5.26 Å². The van der Waals surface area contributed by atoms with Crippen molar-refractivity contribution < 1.29 is 9.47 Å². The lowest BCUT2D eigenvalue weighted by Crippen LogP contribution is -2.23. The summed E-state index contributed by atoms with van der Waals surface area (Å²) in [6, 6.07) is 2.13. The van der Waals surface area contributed by atoms with Crippen LogP contribution in [0.2, 0.25) is 0 Å². The number of allylic oxidation sites excluding steroid dienone is 1. The van der Waals surface area contributed by atoms with Crippen molar-refractivity contribution >= 4 is 0 Å². The standard InChI is InChI=1S/C12H16N4O2/c1-6(2)9-7(4-13)11(14)18-12-10(9)8(5-17-3)15-16-12/h6,9H,5,14H2,1-3H3,(H,15,16)/t9-/m1/s1. The Morgan fingerprint density at radius 1 is 1.61 bits per heavy atom. The van der Waals surface area contributed by atoms with E-state index in [2.05, 4.69) is 16.3 Å². The first-order valence-electron chi connectivity index (χ1n) is 5.73. The number of nitrogens with two attached hydrogens (primary N) is 1. The summed E-state index contributed by atoms with van der Waals surface area (Å²) in [5, 5.41) is 16.2. The zero-order chi connectivity index (χ0) is 13.3. The summed E-state index contributed by atoms with van der Waals surface area (Å²) < 4.78 is 10.5. The third kappa shape index (κ3) is 1.83. The van der Waals surface area contributed by atoms with E-state index in [0.717, 1.165) is 11.3 Å². The number of hydrogen-bond acceptors (Lipinski definition) is 5. The lowest BCUT2D eigenvalue weighted by molar-refractivity contribution is 0.180. The van der Waals surface area contributed by atoms with Gasteiger partial charge in [0, 0.05) is 18.6 Å². The fraction of sp³-hybridized carbons (Fsp3) is 0.500. The number of aromatic nitrogens is 2. The minimum absolute atomic E-state index is 0.109. The summed E-state index contributed by atoms with van der Waals surface area (Å²) in [5.41, 5.74) is 7.92. The second kappa shape index (κ2) is 4.70. The van der Waals surface area contributed by atoms with Crippen LogP contribution in [0.25, 0.3) is 0 Å². The number of methoxy groups -OCH3 is 1. The van der Waals surface area contributed by atoms with Gasteiger partial charge in [0.15, 0.2) is 0 Å². The summed E-state index contributed by atoms with van der Waals surface area (Å²) >= 11 is 0. The van der Waals surface area contributed by atoms with Gasteiger partial charge in [0.25, 0.3) is 0 Å². The van der Waals surface area contributed by atoms with Crippen LogP contribution in [0, 0.1) is 17.2 Å². The van der Waals surface area contributed by atoms with Crippen molar-refractivity contribution in [2.75, 3.05) is 7.11 Å². The summed E-state index contributed by atoms with van der Waals surface area (Å²) in [7, 11) is 1.61. The highest BCUT2D eigenvalue weighted by Crippen LogP contribution is 2.42. The van der Waals surface area contributed by atoms with Gasteiger partial charge in [-0.05, 0) is 5.92 Å². The van der Waals surface area contributed by atoms with Crippen LogP contribution in [0.3, 0.4) is 0 Å². The number of H-pyrrole nitrogens is 1. The molecule has 1 aliphatic rings. The molecular formula is C12H16N4O2. The first kappa shape index (κ1) is 12.5. The van der Waals surface area contributed by atoms with Crippen LogP contribution >= 0.6 is 0 Å². The summed E-state index contributed by atoms with van der Waals surface area (Å²) in [6.07, 6.45) is 0. The van der Waals surface area contributed by atoms with Crippen molar-refractivity contribution in [2.24, 2.45) is 11.7 Å². The van der Waals surface area contributed by atoms with E-state index in [9.17, 15) is 5.26 Å². The van der Waals surface area contributed by atoms with Gasteiger partial charge in [-0.1, -0.05) is 13.8 Å². The maximum atomic E-state index is 9.23. The van der Waals surface area contributed by atoms with Gasteiger partial charge in [0.1, 0.15) is 6.07 Å². The number of rotatable bonds is 3. The molecular weight excluding hydrogens is 232 g/mol. The zero-order valence-electron chi connectivity index (χ0n) is 10.7. The van der Waals surface area contributed by atoms with Crippen molar-refractivity contribution in [3.05, 3.63) is 22.7 Å². The van der Waals surface area contributed by atoms with E-state index in [1.54, 1.807) is 7.11 Å². The Hall–Kier alpha value is -2.00. The number of aromatic amines is 1. The monoisotopic (exact) mass is 248 g/mol. The van der Waals surface area contributed by atoms with Crippen molar-refractivity contribution in [3.63, 3.8) is 0 Å². The summed E-state index contributed by atoms with van der Waals surface area (Å²) in [6.45, 7) is 4.47. The van der Waals surface area contributed by atoms with Crippen LogP contribution in [0.4, 0.5) is 0 Å². The molecule has 3 N–H and O–H groups in total. The molecule has 1 atom stereocenters. The number of nitrogens with zero attached hydrogens (tertiary/aromatic N) is 2. The van der Waals surface area contributed by atoms with Crippen molar-refractivity contribution in [1.82, 2.24) is 10.2 Å². The second-order valence-corrected chi connectivity index (χ2v) is 4.57. The quantitative estimate of drug-likeness (QED) is 0.842. The molecule has 1 aliphatic heterocycles. The second-order valence-electron chi connectivity index (χ2n) is 4.57. The van der Waals surface area contributed by atoms with Crippen LogP contribution in [0.5, 0.6) is 5.88 Å². The van der Waals surface area contributed by atoms with Crippen molar-refractivity contribution in [3.8, 4) is 11.9 Å². The predicted molar refractivity (Wildman–Crippen MR) is 64.3 cm³/mol. The highest BCUT2D eigenvalue weighted by molar-refractivity contribution is 5.49. The van der Waals surface area contributed by atoms with Crippen LogP contribution < -0.4 is 10.5 Å². The molecule has 6 nitrogen and oxygen atoms in total. The van der Waals surface area contributed by atoms with Crippen LogP contribution in [0.15, 0.2) is 11.5 Å². The topological polar surface area (TPSA) is 97.0 Å². The number of hydrogen-bond donors (Lipinski definition) is 2. The van der Waals surface area contributed by atoms with Gasteiger partial charge >= 0.3 is 0 Å². The molecule has 0 aromatic carbocycles. The third-order valence-corrected chi connectivity index (χ3v) is 3.02. The van der Waals surface area contributed by atoms with E-state index < -0.39 is 0 Å². The molecule has 0 saturated heterocycles. The number of ether oxygens (including phenoxy) is 2. The zero-order valence-corrected chi connectivity index (χ0v) is 10.7. The van der Waals surface area contributed by atoms with Gasteiger partial charge < -0.3 is 15.2 Å². The normalized spacial score (nSPS) is 18.5. The molecule has 96 valence electrons. The highest BCUT2D eigenvalue weighted by atomic mass is 16.5. The average Bonchev–Trinajstić information content (AvgIpc) is 2.70. The van der Waals surface area contributed by atoms with Gasteiger partial charge in [-0.3, -0.25) is 5.10 Å². The molecule has 6 heteroatoms. The maximum absolute atomic E-state index is 9.23. The summed E-state index contributed by atoms with van der Waals surface area (Å²) in [4.78, 5) is 0. The van der Waals surface area contributed by atoms with Crippen LogP contribution in [0.1, 0.15) is 31.0 Å². The van der Waals surface area contributed by atoms with Gasteiger partial charge in [0.05, 0.1) is 17.9 Å². The van der Waals surface area contributed by atoms with E-state index >= 15 is 0 Å². The first-order chi connectivity index (χ1) is 8.60. The largest absolute Gasteiger partial charge is 0.420 e. The number of fused-ring (bicyclic) bond motifs is 1. The summed E-state index contributed by atoms with van der Waals surface area (Å²) in [5.74, 6) is 0.688. The van der Waals surface area contributed by atoms with E-state index in [0.29, 0.717) is 18.1 Å². The molecule has 2 heterocycles. The molecule has 2 rings (SSSR count). The SMILES string of the molecule is COCc1[nH]nc2c1[C@H](C(C)C)C(C#N)=C(N)O2. The molecule has 0 fully saturated rings. The molecule has 1 aromatic rings. The number of nitriles is 1. The molecule has 0 aliphatic carbocycles. The lowest BCUT2D eigenvalue weighted by atomic mass is 9.81. The van der Waals surface area contributed by atoms with Crippen molar-refractivity contribution in [2.45, 2.75) is 26.4 Å². The van der Waals surface area contributed by atoms with Gasteiger partial charge in [-0.25, -0.2) is 0 Å². The maximum Gasteiger partial charge on any atom is 0.244 e. The molecule has 0 bridgehead atoms. The van der Waals surface area contributed by atoms with E-state index in [1.165, 1.54) is 0 Å².